The Morgan fingerprint density at radius 1 is 0.793 bits per heavy atom. The smallest absolute Gasteiger partial charge is 0.253 e. The molecule has 0 atom stereocenters. The molecule has 29 heavy (non-hydrogen) atoms. The molecule has 0 aromatic heterocycles. The summed E-state index contributed by atoms with van der Waals surface area (Å²) < 4.78 is 0. The van der Waals surface area contributed by atoms with Crippen LogP contribution in [0, 0.1) is 6.92 Å². The summed E-state index contributed by atoms with van der Waals surface area (Å²) in [7, 11) is 0. The van der Waals surface area contributed by atoms with E-state index >= 15 is 0 Å². The first-order chi connectivity index (χ1) is 14.1. The monoisotopic (exact) mass is 387 g/mol. The maximum absolute atomic E-state index is 12.6. The molecule has 0 saturated heterocycles. The van der Waals surface area contributed by atoms with Crippen molar-refractivity contribution < 1.29 is 9.59 Å². The van der Waals surface area contributed by atoms with E-state index in [1.807, 2.05) is 73.7 Å². The first-order valence-corrected chi connectivity index (χ1v) is 9.64. The summed E-state index contributed by atoms with van der Waals surface area (Å²) >= 11 is 0. The summed E-state index contributed by atoms with van der Waals surface area (Å²) in [5.41, 5.74) is 4.10. The van der Waals surface area contributed by atoms with Crippen molar-refractivity contribution in [2.45, 2.75) is 13.3 Å². The average Bonchev–Trinajstić information content (AvgIpc) is 2.75. The van der Waals surface area contributed by atoms with Crippen LogP contribution < -0.4 is 16.0 Å². The molecular weight excluding hydrogens is 362 g/mol. The fraction of sp³-hybridized carbons (Fsp3) is 0.167. The lowest BCUT2D eigenvalue weighted by Gasteiger charge is -2.13. The van der Waals surface area contributed by atoms with Crippen molar-refractivity contribution in [1.29, 1.82) is 0 Å². The lowest BCUT2D eigenvalue weighted by molar-refractivity contribution is -0.114. The molecule has 0 bridgehead atoms. The van der Waals surface area contributed by atoms with Crippen molar-refractivity contribution in [2.75, 3.05) is 23.7 Å². The Morgan fingerprint density at radius 2 is 1.45 bits per heavy atom. The molecule has 5 heteroatoms. The van der Waals surface area contributed by atoms with E-state index in [4.69, 9.17) is 0 Å². The molecule has 0 radical (unpaired) electrons. The molecule has 3 aromatic rings. The standard InChI is InChI=1S/C24H25N3O2/c1-18-9-5-7-13-21(18)27-23(28)17-26-22-14-8-6-12-20(22)24(29)25-16-15-19-10-3-2-4-11-19/h2-14,26H,15-17H2,1H3,(H,25,29)(H,27,28). The van der Waals surface area contributed by atoms with Gasteiger partial charge in [0.15, 0.2) is 0 Å². The van der Waals surface area contributed by atoms with Crippen LogP contribution in [0.4, 0.5) is 11.4 Å². The van der Waals surface area contributed by atoms with Gasteiger partial charge in [-0.3, -0.25) is 9.59 Å². The highest BCUT2D eigenvalue weighted by atomic mass is 16.2. The Kier molecular flexibility index (Phi) is 7.00. The van der Waals surface area contributed by atoms with E-state index in [9.17, 15) is 9.59 Å². The predicted octanol–water partition coefficient (Wildman–Crippen LogP) is 4.02. The molecule has 148 valence electrons. The second-order valence-electron chi connectivity index (χ2n) is 6.75. The van der Waals surface area contributed by atoms with Crippen LogP contribution in [0.2, 0.25) is 0 Å². The molecule has 0 aliphatic carbocycles. The third kappa shape index (κ3) is 5.94. The van der Waals surface area contributed by atoms with Gasteiger partial charge >= 0.3 is 0 Å². The zero-order valence-corrected chi connectivity index (χ0v) is 16.4. The van der Waals surface area contributed by atoms with E-state index in [-0.39, 0.29) is 18.4 Å². The Labute approximate surface area is 171 Å². The van der Waals surface area contributed by atoms with Gasteiger partial charge in [0.1, 0.15) is 0 Å². The maximum Gasteiger partial charge on any atom is 0.253 e. The summed E-state index contributed by atoms with van der Waals surface area (Å²) in [6.07, 6.45) is 0.765. The molecular formula is C24H25N3O2. The van der Waals surface area contributed by atoms with Gasteiger partial charge < -0.3 is 16.0 Å². The van der Waals surface area contributed by atoms with Crippen LogP contribution in [0.15, 0.2) is 78.9 Å². The molecule has 0 unspecified atom stereocenters. The van der Waals surface area contributed by atoms with Gasteiger partial charge in [-0.05, 0) is 42.7 Å². The number of anilines is 2. The number of nitrogens with one attached hydrogen (secondary N) is 3. The van der Waals surface area contributed by atoms with Gasteiger partial charge in [-0.2, -0.15) is 0 Å². The molecule has 3 aromatic carbocycles. The molecule has 5 nitrogen and oxygen atoms in total. The van der Waals surface area contributed by atoms with Crippen LogP contribution in [0.25, 0.3) is 0 Å². The first-order valence-electron chi connectivity index (χ1n) is 9.64. The van der Waals surface area contributed by atoms with Gasteiger partial charge in [-0.15, -0.1) is 0 Å². The van der Waals surface area contributed by atoms with Crippen molar-refractivity contribution in [2.24, 2.45) is 0 Å². The minimum atomic E-state index is -0.168. The third-order valence-electron chi connectivity index (χ3n) is 4.57. The summed E-state index contributed by atoms with van der Waals surface area (Å²) in [6, 6.07) is 24.8. The highest BCUT2D eigenvalue weighted by Crippen LogP contribution is 2.16. The number of carbonyl (C=O) groups excluding carboxylic acids is 2. The molecule has 0 heterocycles. The number of aryl methyl sites for hydroxylation is 1. The van der Waals surface area contributed by atoms with E-state index in [1.165, 1.54) is 5.56 Å². The van der Waals surface area contributed by atoms with E-state index in [2.05, 4.69) is 16.0 Å². The van der Waals surface area contributed by atoms with Crippen LogP contribution in [0.3, 0.4) is 0 Å². The molecule has 3 rings (SSSR count). The molecule has 0 aliphatic heterocycles. The van der Waals surface area contributed by atoms with Crippen molar-refractivity contribution >= 4 is 23.2 Å². The van der Waals surface area contributed by atoms with Gasteiger partial charge in [0.25, 0.3) is 5.91 Å². The molecule has 0 saturated carbocycles. The molecule has 2 amide bonds. The topological polar surface area (TPSA) is 70.2 Å². The van der Waals surface area contributed by atoms with Gasteiger partial charge in [-0.25, -0.2) is 0 Å². The Balaban J connectivity index is 1.54. The fourth-order valence-corrected chi connectivity index (χ4v) is 2.98. The zero-order chi connectivity index (χ0) is 20.5. The first kappa shape index (κ1) is 20.1. The SMILES string of the molecule is Cc1ccccc1NC(=O)CNc1ccccc1C(=O)NCCc1ccccc1. The van der Waals surface area contributed by atoms with Crippen molar-refractivity contribution in [3.05, 3.63) is 95.6 Å². The van der Waals surface area contributed by atoms with Crippen molar-refractivity contribution in [3.8, 4) is 0 Å². The lowest BCUT2D eigenvalue weighted by atomic mass is 10.1. The predicted molar refractivity (Wildman–Crippen MR) is 117 cm³/mol. The van der Waals surface area contributed by atoms with Crippen molar-refractivity contribution in [3.63, 3.8) is 0 Å². The molecule has 0 spiro atoms. The van der Waals surface area contributed by atoms with Gasteiger partial charge in [-0.1, -0.05) is 60.7 Å². The van der Waals surface area contributed by atoms with Crippen LogP contribution in [-0.2, 0) is 11.2 Å². The van der Waals surface area contributed by atoms with Gasteiger partial charge in [0.2, 0.25) is 5.91 Å². The second-order valence-corrected chi connectivity index (χ2v) is 6.75. The minimum absolute atomic E-state index is 0.0721. The lowest BCUT2D eigenvalue weighted by Crippen LogP contribution is -2.28. The van der Waals surface area contributed by atoms with E-state index in [1.54, 1.807) is 12.1 Å². The Bertz CT molecular complexity index is 971. The molecule has 3 N–H and O–H groups in total. The van der Waals surface area contributed by atoms with E-state index in [0.717, 1.165) is 17.7 Å². The number of carbonyl (C=O) groups is 2. The second kappa shape index (κ2) is 10.1. The summed E-state index contributed by atoms with van der Waals surface area (Å²) in [5, 5.41) is 8.89. The summed E-state index contributed by atoms with van der Waals surface area (Å²) in [5.74, 6) is -0.332. The number of para-hydroxylation sites is 2. The van der Waals surface area contributed by atoms with Crippen LogP contribution >= 0.6 is 0 Å². The Hall–Kier alpha value is -3.60. The van der Waals surface area contributed by atoms with Crippen LogP contribution in [-0.4, -0.2) is 24.9 Å². The summed E-state index contributed by atoms with van der Waals surface area (Å²) in [4.78, 5) is 24.9. The van der Waals surface area contributed by atoms with E-state index < -0.39 is 0 Å². The number of benzene rings is 3. The third-order valence-corrected chi connectivity index (χ3v) is 4.57. The molecule has 0 aliphatic rings. The largest absolute Gasteiger partial charge is 0.376 e. The normalized spacial score (nSPS) is 10.2. The highest BCUT2D eigenvalue weighted by molar-refractivity contribution is 6.01. The van der Waals surface area contributed by atoms with Crippen molar-refractivity contribution in [1.82, 2.24) is 5.32 Å². The number of rotatable bonds is 8. The number of hydrogen-bond donors (Lipinski definition) is 3. The van der Waals surface area contributed by atoms with Crippen LogP contribution in [0.1, 0.15) is 21.5 Å². The van der Waals surface area contributed by atoms with E-state index in [0.29, 0.717) is 17.8 Å². The number of amides is 2. The van der Waals surface area contributed by atoms with Gasteiger partial charge in [0, 0.05) is 17.9 Å². The highest BCUT2D eigenvalue weighted by Gasteiger charge is 2.12. The maximum atomic E-state index is 12.6. The number of hydrogen-bond acceptors (Lipinski definition) is 3. The average molecular weight is 387 g/mol. The Morgan fingerprint density at radius 3 is 2.21 bits per heavy atom. The van der Waals surface area contributed by atoms with Gasteiger partial charge in [0.05, 0.1) is 12.1 Å². The molecule has 0 fully saturated rings. The fourth-order valence-electron chi connectivity index (χ4n) is 2.98. The summed E-state index contributed by atoms with van der Waals surface area (Å²) in [6.45, 7) is 2.56. The zero-order valence-electron chi connectivity index (χ0n) is 16.4. The quantitative estimate of drug-likeness (QED) is 0.547. The van der Waals surface area contributed by atoms with Crippen LogP contribution in [0.5, 0.6) is 0 Å². The minimum Gasteiger partial charge on any atom is -0.376 e.